The normalized spacial score (nSPS) is 10.1. The van der Waals surface area contributed by atoms with Crippen molar-refractivity contribution in [2.24, 2.45) is 0 Å². The van der Waals surface area contributed by atoms with Gasteiger partial charge in [-0.1, -0.05) is 12.2 Å². The van der Waals surface area contributed by atoms with Crippen LogP contribution in [0.25, 0.3) is 0 Å². The van der Waals surface area contributed by atoms with Gasteiger partial charge in [0.1, 0.15) is 5.69 Å². The minimum Gasteiger partial charge on any atom is -0.461 e. The molecule has 0 radical (unpaired) electrons. The molecule has 110 valence electrons. The smallest absolute Gasteiger partial charge is 0.367 e. The van der Waals surface area contributed by atoms with E-state index in [-0.39, 0.29) is 23.2 Å². The molecule has 0 aromatic carbocycles. The predicted molar refractivity (Wildman–Crippen MR) is 76.0 cm³/mol. The van der Waals surface area contributed by atoms with Crippen LogP contribution >= 0.6 is 11.3 Å². The first kappa shape index (κ1) is 16.3. The number of carbonyl (C=O) groups excluding carboxylic acids is 2. The number of esters is 1. The molecule has 1 aromatic heterocycles. The van der Waals surface area contributed by atoms with Crippen LogP contribution in [0.1, 0.15) is 34.1 Å². The minimum absolute atomic E-state index is 0.176. The largest absolute Gasteiger partial charge is 0.461 e. The maximum Gasteiger partial charge on any atom is 0.367 e. The van der Waals surface area contributed by atoms with Gasteiger partial charge in [-0.25, -0.2) is 9.78 Å². The number of nitrogens with zero attached hydrogens (tertiary/aromatic N) is 1. The number of carbonyl (C=O) groups is 2. The van der Waals surface area contributed by atoms with E-state index in [4.69, 9.17) is 9.47 Å². The lowest BCUT2D eigenvalue weighted by molar-refractivity contribution is 0.0526. The van der Waals surface area contributed by atoms with Gasteiger partial charge in [-0.05, 0) is 13.8 Å². The van der Waals surface area contributed by atoms with Gasteiger partial charge in [-0.15, -0.1) is 11.3 Å². The average Bonchev–Trinajstić information content (AvgIpc) is 2.87. The van der Waals surface area contributed by atoms with Gasteiger partial charge in [0.15, 0.2) is 0 Å². The molecule has 1 N–H and O–H groups in total. The Hall–Kier alpha value is -1.73. The van der Waals surface area contributed by atoms with Crippen LogP contribution in [-0.2, 0) is 9.47 Å². The van der Waals surface area contributed by atoms with Crippen molar-refractivity contribution in [3.05, 3.63) is 28.2 Å². The molecule has 20 heavy (non-hydrogen) atoms. The van der Waals surface area contributed by atoms with Gasteiger partial charge in [0.25, 0.3) is 5.91 Å². The zero-order valence-electron chi connectivity index (χ0n) is 11.6. The summed E-state index contributed by atoms with van der Waals surface area (Å²) in [6.45, 7) is 8.80. The Labute approximate surface area is 121 Å². The second-order valence-corrected chi connectivity index (χ2v) is 4.88. The van der Waals surface area contributed by atoms with Crippen LogP contribution in [0.15, 0.2) is 17.5 Å². The second kappa shape index (κ2) is 8.44. The lowest BCUT2D eigenvalue weighted by Crippen LogP contribution is -2.27. The molecule has 0 aliphatic rings. The number of rotatable bonds is 8. The Morgan fingerprint density at radius 1 is 1.50 bits per heavy atom. The SMILES string of the molecule is C=C(C)COCCNC(=O)c1csc(C(=O)OCC)n1. The van der Waals surface area contributed by atoms with Gasteiger partial charge in [0.05, 0.1) is 19.8 Å². The van der Waals surface area contributed by atoms with Crippen molar-refractivity contribution in [1.82, 2.24) is 10.3 Å². The van der Waals surface area contributed by atoms with Gasteiger partial charge in [0, 0.05) is 11.9 Å². The fraction of sp³-hybridized carbons (Fsp3) is 0.462. The Bertz CT molecular complexity index is 484. The Balaban J connectivity index is 2.36. The van der Waals surface area contributed by atoms with Gasteiger partial charge in [-0.2, -0.15) is 0 Å². The average molecular weight is 298 g/mol. The number of aromatic nitrogens is 1. The molecule has 1 aromatic rings. The summed E-state index contributed by atoms with van der Waals surface area (Å²) in [4.78, 5) is 27.1. The highest BCUT2D eigenvalue weighted by Gasteiger charge is 2.15. The van der Waals surface area contributed by atoms with E-state index < -0.39 is 5.97 Å². The standard InChI is InChI=1S/C13H18N2O4S/c1-4-19-13(17)12-15-10(8-20-12)11(16)14-5-6-18-7-9(2)3/h8H,2,4-7H2,1,3H3,(H,14,16). The van der Waals surface area contributed by atoms with Crippen LogP contribution in [0.3, 0.4) is 0 Å². The first-order valence-corrected chi connectivity index (χ1v) is 7.05. The third-order valence-electron chi connectivity index (χ3n) is 2.07. The molecular weight excluding hydrogens is 280 g/mol. The summed E-state index contributed by atoms with van der Waals surface area (Å²) in [6.07, 6.45) is 0. The quantitative estimate of drug-likeness (QED) is 0.448. The van der Waals surface area contributed by atoms with Crippen LogP contribution in [0.5, 0.6) is 0 Å². The predicted octanol–water partition coefficient (Wildman–Crippen LogP) is 1.64. The monoisotopic (exact) mass is 298 g/mol. The molecule has 0 unspecified atom stereocenters. The lowest BCUT2D eigenvalue weighted by Gasteiger charge is -2.04. The van der Waals surface area contributed by atoms with E-state index in [2.05, 4.69) is 16.9 Å². The number of hydrogen-bond acceptors (Lipinski definition) is 6. The summed E-state index contributed by atoms with van der Waals surface area (Å²) in [6, 6.07) is 0. The van der Waals surface area contributed by atoms with E-state index in [1.807, 2.05) is 6.92 Å². The molecule has 1 rings (SSSR count). The summed E-state index contributed by atoms with van der Waals surface area (Å²) in [7, 11) is 0. The third kappa shape index (κ3) is 5.50. The van der Waals surface area contributed by atoms with Crippen molar-refractivity contribution in [3.8, 4) is 0 Å². The molecule has 0 bridgehead atoms. The minimum atomic E-state index is -0.513. The first-order chi connectivity index (χ1) is 9.54. The van der Waals surface area contributed by atoms with E-state index in [0.717, 1.165) is 16.9 Å². The molecule has 0 aliphatic carbocycles. The number of nitrogens with one attached hydrogen (secondary N) is 1. The van der Waals surface area contributed by atoms with Crippen molar-refractivity contribution in [2.75, 3.05) is 26.4 Å². The number of thiazole rings is 1. The van der Waals surface area contributed by atoms with Gasteiger partial charge in [-0.3, -0.25) is 4.79 Å². The van der Waals surface area contributed by atoms with Crippen LogP contribution in [-0.4, -0.2) is 43.2 Å². The Morgan fingerprint density at radius 2 is 2.25 bits per heavy atom. The summed E-state index contributed by atoms with van der Waals surface area (Å²) < 4.78 is 10.1. The van der Waals surface area contributed by atoms with Crippen LogP contribution in [0, 0.1) is 0 Å². The topological polar surface area (TPSA) is 77.5 Å². The van der Waals surface area contributed by atoms with Crippen LogP contribution in [0.2, 0.25) is 0 Å². The molecule has 0 fully saturated rings. The molecule has 1 heterocycles. The Morgan fingerprint density at radius 3 is 2.90 bits per heavy atom. The van der Waals surface area contributed by atoms with Crippen molar-refractivity contribution in [1.29, 1.82) is 0 Å². The number of hydrogen-bond donors (Lipinski definition) is 1. The maximum absolute atomic E-state index is 11.7. The molecule has 1 amide bonds. The summed E-state index contributed by atoms with van der Waals surface area (Å²) in [5.74, 6) is -0.850. The molecular formula is C13H18N2O4S. The molecule has 0 atom stereocenters. The highest BCUT2D eigenvalue weighted by molar-refractivity contribution is 7.11. The second-order valence-electron chi connectivity index (χ2n) is 4.02. The van der Waals surface area contributed by atoms with E-state index in [1.54, 1.807) is 6.92 Å². The highest BCUT2D eigenvalue weighted by atomic mass is 32.1. The van der Waals surface area contributed by atoms with Crippen molar-refractivity contribution >= 4 is 23.2 Å². The van der Waals surface area contributed by atoms with Gasteiger partial charge >= 0.3 is 5.97 Å². The molecule has 7 heteroatoms. The molecule has 6 nitrogen and oxygen atoms in total. The molecule has 0 aliphatic heterocycles. The fourth-order valence-electron chi connectivity index (χ4n) is 1.24. The zero-order chi connectivity index (χ0) is 15.0. The van der Waals surface area contributed by atoms with Gasteiger partial charge in [0.2, 0.25) is 5.01 Å². The van der Waals surface area contributed by atoms with E-state index in [0.29, 0.717) is 19.8 Å². The molecule has 0 spiro atoms. The van der Waals surface area contributed by atoms with Gasteiger partial charge < -0.3 is 14.8 Å². The first-order valence-electron chi connectivity index (χ1n) is 6.17. The van der Waals surface area contributed by atoms with Crippen molar-refractivity contribution < 1.29 is 19.1 Å². The summed E-state index contributed by atoms with van der Waals surface area (Å²) in [5, 5.41) is 4.36. The highest BCUT2D eigenvalue weighted by Crippen LogP contribution is 2.10. The van der Waals surface area contributed by atoms with E-state index in [9.17, 15) is 9.59 Å². The number of ether oxygens (including phenoxy) is 2. The summed E-state index contributed by atoms with van der Waals surface area (Å²) >= 11 is 1.08. The lowest BCUT2D eigenvalue weighted by atomic mass is 10.4. The van der Waals surface area contributed by atoms with E-state index >= 15 is 0 Å². The number of amides is 1. The van der Waals surface area contributed by atoms with Crippen molar-refractivity contribution in [3.63, 3.8) is 0 Å². The molecule has 0 saturated heterocycles. The summed E-state index contributed by atoms with van der Waals surface area (Å²) in [5.41, 5.74) is 1.13. The Kier molecular flexibility index (Phi) is 6.89. The third-order valence-corrected chi connectivity index (χ3v) is 2.89. The van der Waals surface area contributed by atoms with Crippen molar-refractivity contribution in [2.45, 2.75) is 13.8 Å². The fourth-order valence-corrected chi connectivity index (χ4v) is 1.93. The maximum atomic E-state index is 11.7. The molecule has 0 saturated carbocycles. The zero-order valence-corrected chi connectivity index (χ0v) is 12.4. The van der Waals surface area contributed by atoms with E-state index in [1.165, 1.54) is 5.38 Å². The van der Waals surface area contributed by atoms with Crippen LogP contribution < -0.4 is 5.32 Å². The van der Waals surface area contributed by atoms with Crippen LogP contribution in [0.4, 0.5) is 0 Å².